The molecule has 31 heavy (non-hydrogen) atoms. The number of alkyl carbamates (subject to hydrolysis) is 1. The van der Waals surface area contributed by atoms with Crippen LogP contribution in [0.15, 0.2) is 47.6 Å². The van der Waals surface area contributed by atoms with Crippen molar-refractivity contribution in [3.8, 4) is 11.6 Å². The molecule has 0 aliphatic rings. The lowest BCUT2D eigenvalue weighted by Crippen LogP contribution is -2.39. The molecule has 0 saturated heterocycles. The van der Waals surface area contributed by atoms with Crippen LogP contribution in [0, 0.1) is 5.82 Å². The van der Waals surface area contributed by atoms with E-state index in [1.807, 2.05) is 26.8 Å². The van der Waals surface area contributed by atoms with Crippen LogP contribution in [0.1, 0.15) is 32.8 Å². The summed E-state index contributed by atoms with van der Waals surface area (Å²) in [6, 6.07) is 9.39. The Morgan fingerprint density at radius 1 is 1.06 bits per heavy atom. The maximum absolute atomic E-state index is 12.9. The Hall–Kier alpha value is -3.36. The second-order valence-electron chi connectivity index (χ2n) is 7.70. The van der Waals surface area contributed by atoms with Crippen molar-refractivity contribution in [2.75, 3.05) is 20.1 Å². The highest BCUT2D eigenvalue weighted by molar-refractivity contribution is 5.79. The van der Waals surface area contributed by atoms with Crippen LogP contribution >= 0.6 is 0 Å². The summed E-state index contributed by atoms with van der Waals surface area (Å²) in [6.45, 7) is 7.14. The summed E-state index contributed by atoms with van der Waals surface area (Å²) in [5.74, 6) is 1.27. The molecule has 1 heterocycles. The Labute approximate surface area is 182 Å². The minimum Gasteiger partial charge on any atom is -0.444 e. The fraction of sp³-hybridized carbons (Fsp3) is 0.409. The van der Waals surface area contributed by atoms with Gasteiger partial charge in [0.1, 0.15) is 17.2 Å². The maximum Gasteiger partial charge on any atom is 0.407 e. The summed E-state index contributed by atoms with van der Waals surface area (Å²) in [6.07, 6.45) is 2.00. The molecule has 3 N–H and O–H groups in total. The number of rotatable bonds is 8. The molecule has 1 aromatic heterocycles. The summed E-state index contributed by atoms with van der Waals surface area (Å²) in [4.78, 5) is 20.0. The van der Waals surface area contributed by atoms with Gasteiger partial charge in [0.25, 0.3) is 0 Å². The first-order valence-corrected chi connectivity index (χ1v) is 10.0. The Bertz CT molecular complexity index is 849. The van der Waals surface area contributed by atoms with Crippen molar-refractivity contribution >= 4 is 12.1 Å². The molecule has 0 atom stereocenters. The van der Waals surface area contributed by atoms with Gasteiger partial charge < -0.3 is 25.4 Å². The van der Waals surface area contributed by atoms with Gasteiger partial charge in [-0.25, -0.2) is 14.2 Å². The molecule has 0 fully saturated rings. The summed E-state index contributed by atoms with van der Waals surface area (Å²) < 4.78 is 23.7. The summed E-state index contributed by atoms with van der Waals surface area (Å²) in [7, 11) is 1.69. The number of guanidine groups is 1. The number of halogens is 1. The Balaban J connectivity index is 1.67. The lowest BCUT2D eigenvalue weighted by Gasteiger charge is -2.19. The maximum atomic E-state index is 12.9. The van der Waals surface area contributed by atoms with E-state index in [1.165, 1.54) is 12.1 Å². The third-order valence-electron chi connectivity index (χ3n) is 3.83. The average Bonchev–Trinajstić information content (AvgIpc) is 2.71. The highest BCUT2D eigenvalue weighted by atomic mass is 19.1. The van der Waals surface area contributed by atoms with Crippen LogP contribution in [0.5, 0.6) is 11.6 Å². The molecule has 0 spiro atoms. The molecule has 2 aromatic rings. The van der Waals surface area contributed by atoms with Crippen LogP contribution in [0.4, 0.5) is 9.18 Å². The van der Waals surface area contributed by atoms with E-state index in [9.17, 15) is 9.18 Å². The molecule has 0 bridgehead atoms. The number of carbonyl (C=O) groups is 1. The molecule has 0 aliphatic heterocycles. The van der Waals surface area contributed by atoms with Crippen molar-refractivity contribution in [3.63, 3.8) is 0 Å². The molecule has 1 amide bonds. The Morgan fingerprint density at radius 3 is 2.39 bits per heavy atom. The van der Waals surface area contributed by atoms with Crippen molar-refractivity contribution in [3.05, 3.63) is 54.0 Å². The van der Waals surface area contributed by atoms with E-state index in [0.717, 1.165) is 12.0 Å². The van der Waals surface area contributed by atoms with E-state index in [-0.39, 0.29) is 5.82 Å². The SMILES string of the molecule is CN=C(NCCCNC(=O)OC(C)(C)C)NCc1ccc(Oc2ccc(F)cc2)nc1. The van der Waals surface area contributed by atoms with Gasteiger partial charge in [-0.1, -0.05) is 6.07 Å². The third-order valence-corrected chi connectivity index (χ3v) is 3.83. The second-order valence-corrected chi connectivity index (χ2v) is 7.70. The monoisotopic (exact) mass is 431 g/mol. The normalized spacial score (nSPS) is 11.6. The van der Waals surface area contributed by atoms with Gasteiger partial charge in [-0.2, -0.15) is 0 Å². The van der Waals surface area contributed by atoms with Gasteiger partial charge in [0.2, 0.25) is 5.88 Å². The zero-order chi connectivity index (χ0) is 22.7. The minimum atomic E-state index is -0.506. The third kappa shape index (κ3) is 9.79. The van der Waals surface area contributed by atoms with Crippen molar-refractivity contribution in [1.29, 1.82) is 0 Å². The number of hydrogen-bond acceptors (Lipinski definition) is 5. The number of aromatic nitrogens is 1. The second kappa shape index (κ2) is 11.7. The van der Waals surface area contributed by atoms with Crippen LogP contribution in [0.3, 0.4) is 0 Å². The lowest BCUT2D eigenvalue weighted by molar-refractivity contribution is 0.0527. The molecule has 168 valence electrons. The Kier molecular flexibility index (Phi) is 9.05. The molecule has 0 radical (unpaired) electrons. The van der Waals surface area contributed by atoms with Gasteiger partial charge in [-0.05, 0) is 57.0 Å². The minimum absolute atomic E-state index is 0.317. The molecule has 0 saturated carbocycles. The van der Waals surface area contributed by atoms with E-state index < -0.39 is 11.7 Å². The van der Waals surface area contributed by atoms with Gasteiger partial charge in [0, 0.05) is 38.9 Å². The largest absolute Gasteiger partial charge is 0.444 e. The average molecular weight is 432 g/mol. The zero-order valence-electron chi connectivity index (χ0n) is 18.4. The number of pyridine rings is 1. The highest BCUT2D eigenvalue weighted by Gasteiger charge is 2.15. The van der Waals surface area contributed by atoms with E-state index in [2.05, 4.69) is 25.9 Å². The van der Waals surface area contributed by atoms with Gasteiger partial charge in [0.15, 0.2) is 5.96 Å². The standard InChI is InChI=1S/C22H30FN5O3/c1-22(2,3)31-21(29)26-13-5-12-25-20(24-4)28-15-16-6-11-19(27-14-16)30-18-9-7-17(23)8-10-18/h6-11,14H,5,12-13,15H2,1-4H3,(H,26,29)(H2,24,25,28). The van der Waals surface area contributed by atoms with E-state index in [0.29, 0.717) is 37.2 Å². The molecular weight excluding hydrogens is 401 g/mol. The molecule has 2 rings (SSSR count). The predicted molar refractivity (Wildman–Crippen MR) is 118 cm³/mol. The fourth-order valence-electron chi connectivity index (χ4n) is 2.41. The van der Waals surface area contributed by atoms with Gasteiger partial charge >= 0.3 is 6.09 Å². The van der Waals surface area contributed by atoms with Crippen molar-refractivity contribution in [2.45, 2.75) is 39.3 Å². The zero-order valence-corrected chi connectivity index (χ0v) is 18.4. The smallest absolute Gasteiger partial charge is 0.407 e. The number of nitrogens with one attached hydrogen (secondary N) is 3. The van der Waals surface area contributed by atoms with Gasteiger partial charge in [-0.15, -0.1) is 0 Å². The number of benzene rings is 1. The summed E-state index contributed by atoms with van der Waals surface area (Å²) >= 11 is 0. The number of hydrogen-bond donors (Lipinski definition) is 3. The first kappa shape index (κ1) is 23.9. The Morgan fingerprint density at radius 2 is 1.77 bits per heavy atom. The van der Waals surface area contributed by atoms with Crippen LogP contribution < -0.4 is 20.7 Å². The number of amides is 1. The highest BCUT2D eigenvalue weighted by Crippen LogP contribution is 2.19. The van der Waals surface area contributed by atoms with Crippen LogP contribution in [0.2, 0.25) is 0 Å². The number of ether oxygens (including phenoxy) is 2. The molecule has 8 nitrogen and oxygen atoms in total. The van der Waals surface area contributed by atoms with E-state index >= 15 is 0 Å². The fourth-order valence-corrected chi connectivity index (χ4v) is 2.41. The number of aliphatic imine (C=N–C) groups is 1. The van der Waals surface area contributed by atoms with Crippen molar-refractivity contribution < 1.29 is 18.7 Å². The van der Waals surface area contributed by atoms with Crippen molar-refractivity contribution in [1.82, 2.24) is 20.9 Å². The van der Waals surface area contributed by atoms with Crippen LogP contribution in [-0.2, 0) is 11.3 Å². The summed E-state index contributed by atoms with van der Waals surface area (Å²) in [5.41, 5.74) is 0.440. The molecule has 1 aromatic carbocycles. The predicted octanol–water partition coefficient (Wildman–Crippen LogP) is 3.59. The molecule has 0 unspecified atom stereocenters. The van der Waals surface area contributed by atoms with Crippen molar-refractivity contribution in [2.24, 2.45) is 4.99 Å². The van der Waals surface area contributed by atoms with E-state index in [4.69, 9.17) is 9.47 Å². The topological polar surface area (TPSA) is 96.9 Å². The lowest BCUT2D eigenvalue weighted by atomic mass is 10.2. The van der Waals surface area contributed by atoms with Gasteiger partial charge in [0.05, 0.1) is 0 Å². The van der Waals surface area contributed by atoms with Crippen LogP contribution in [-0.4, -0.2) is 42.8 Å². The molecule has 9 heteroatoms. The van der Waals surface area contributed by atoms with Gasteiger partial charge in [-0.3, -0.25) is 4.99 Å². The number of nitrogens with zero attached hydrogens (tertiary/aromatic N) is 2. The summed E-state index contributed by atoms with van der Waals surface area (Å²) in [5, 5.41) is 9.09. The molecule has 0 aliphatic carbocycles. The molecular formula is C22H30FN5O3. The first-order valence-electron chi connectivity index (χ1n) is 10.0. The van der Waals surface area contributed by atoms with Crippen LogP contribution in [0.25, 0.3) is 0 Å². The number of carbonyl (C=O) groups excluding carboxylic acids is 1. The quantitative estimate of drug-likeness (QED) is 0.336. The first-order chi connectivity index (χ1) is 14.7. The van der Waals surface area contributed by atoms with E-state index in [1.54, 1.807) is 31.4 Å².